The van der Waals surface area contributed by atoms with Gasteiger partial charge in [0.05, 0.1) is 31.9 Å². The highest BCUT2D eigenvalue weighted by atomic mass is 16.4. The Labute approximate surface area is 225 Å². The van der Waals surface area contributed by atoms with E-state index in [1.807, 2.05) is 0 Å². The number of imide groups is 4. The van der Waals surface area contributed by atoms with E-state index >= 15 is 0 Å². The van der Waals surface area contributed by atoms with Gasteiger partial charge in [-0.15, -0.1) is 0 Å². The average Bonchev–Trinajstić information content (AvgIpc) is 2.90. The van der Waals surface area contributed by atoms with Gasteiger partial charge in [-0.05, 0) is 25.7 Å². The lowest BCUT2D eigenvalue weighted by Crippen LogP contribution is -2.61. The number of urea groups is 2. The third-order valence-electron chi connectivity index (χ3n) is 6.18. The van der Waals surface area contributed by atoms with E-state index in [1.54, 1.807) is 27.7 Å². The number of aliphatic hydroxyl groups excluding tert-OH is 3. The van der Waals surface area contributed by atoms with Gasteiger partial charge in [0.15, 0.2) is 0 Å². The molecule has 2 saturated heterocycles. The Morgan fingerprint density at radius 2 is 0.872 bits per heavy atom. The summed E-state index contributed by atoms with van der Waals surface area (Å²) >= 11 is 0. The number of carboxylic acids is 1. The first-order valence-electron chi connectivity index (χ1n) is 12.0. The van der Waals surface area contributed by atoms with E-state index in [9.17, 15) is 33.6 Å². The summed E-state index contributed by atoms with van der Waals surface area (Å²) in [4.78, 5) is 76.3. The molecule has 0 spiro atoms. The molecule has 2 fully saturated rings. The molecule has 0 radical (unpaired) electrons. The zero-order valence-electron chi connectivity index (χ0n) is 22.5. The van der Waals surface area contributed by atoms with Crippen LogP contribution >= 0.6 is 0 Å². The summed E-state index contributed by atoms with van der Waals surface area (Å²) in [5.41, 5.74) is 6.39. The molecule has 0 aromatic heterocycles. The van der Waals surface area contributed by atoms with Crippen LogP contribution < -0.4 is 32.7 Å². The summed E-state index contributed by atoms with van der Waals surface area (Å²) in [6.07, 6.45) is 1.59. The first-order chi connectivity index (χ1) is 18.1. The number of amides is 8. The maximum atomic E-state index is 11.4. The number of nitrogens with two attached hydrogens (primary N) is 2. The zero-order chi connectivity index (χ0) is 31.0. The van der Waals surface area contributed by atoms with Gasteiger partial charge in [-0.1, -0.05) is 27.7 Å². The van der Waals surface area contributed by atoms with Crippen LogP contribution in [-0.4, -0.2) is 94.0 Å². The van der Waals surface area contributed by atoms with Crippen molar-refractivity contribution < 1.29 is 54.0 Å². The minimum Gasteiger partial charge on any atom is -0.480 e. The van der Waals surface area contributed by atoms with Gasteiger partial charge in [0.1, 0.15) is 10.8 Å². The van der Waals surface area contributed by atoms with Gasteiger partial charge < -0.3 is 31.9 Å². The number of hydrogen-bond acceptors (Lipinski definition) is 12. The van der Waals surface area contributed by atoms with Gasteiger partial charge >= 0.3 is 18.0 Å². The molecule has 2 aliphatic heterocycles. The Balaban J connectivity index is 0. The minimum atomic E-state index is -1.21. The monoisotopic (exact) mass is 564 g/mol. The lowest BCUT2D eigenvalue weighted by molar-refractivity contribution is -0.146. The third kappa shape index (κ3) is 10.3. The normalized spacial score (nSPS) is 17.4. The van der Waals surface area contributed by atoms with Gasteiger partial charge in [0, 0.05) is 0 Å². The van der Waals surface area contributed by atoms with Crippen molar-refractivity contribution in [1.82, 2.24) is 21.3 Å². The molecule has 0 bridgehead atoms. The number of carbonyl (C=O) groups excluding carboxylic acids is 6. The number of carboxylic acid groups (broad SMARTS) is 1. The lowest BCUT2D eigenvalue weighted by Gasteiger charge is -2.31. The molecule has 8 amide bonds. The summed E-state index contributed by atoms with van der Waals surface area (Å²) in [6.45, 7) is 5.51. The molecule has 17 heteroatoms. The van der Waals surface area contributed by atoms with Crippen LogP contribution in [0.3, 0.4) is 0 Å². The zero-order valence-corrected chi connectivity index (χ0v) is 22.5. The molecule has 0 saturated carbocycles. The summed E-state index contributed by atoms with van der Waals surface area (Å²) in [7, 11) is 0. The van der Waals surface area contributed by atoms with Crippen LogP contribution in [0.1, 0.15) is 53.4 Å². The standard InChI is InChI=1S/2C8H12N2O3.C4H11NO3.C2H5NO2/c2*1-3-8(4-2)5(11)9-7(13)10-6(8)12;5-4(1-6,2-7)3-8;3-1-2(4)5/h2*3-4H2,1-2H3,(H2,9,10,11,12,13);6-8H,1-3,5H2;1,3H2,(H,4,5). The van der Waals surface area contributed by atoms with Crippen LogP contribution in [0, 0.1) is 10.8 Å². The topological polar surface area (TPSA) is 301 Å². The van der Waals surface area contributed by atoms with Gasteiger partial charge in [0.25, 0.3) is 0 Å². The van der Waals surface area contributed by atoms with E-state index in [4.69, 9.17) is 26.2 Å². The van der Waals surface area contributed by atoms with Crippen LogP contribution in [0.4, 0.5) is 9.59 Å². The second kappa shape index (κ2) is 17.2. The predicted molar refractivity (Wildman–Crippen MR) is 134 cm³/mol. The Kier molecular flexibility index (Phi) is 16.6. The Hall–Kier alpha value is -3.51. The molecule has 2 rings (SSSR count). The van der Waals surface area contributed by atoms with Crippen molar-refractivity contribution in [2.75, 3.05) is 26.4 Å². The van der Waals surface area contributed by atoms with Crippen LogP contribution in [-0.2, 0) is 24.0 Å². The van der Waals surface area contributed by atoms with Crippen molar-refractivity contribution in [3.8, 4) is 0 Å². The summed E-state index contributed by atoms with van der Waals surface area (Å²) < 4.78 is 0. The average molecular weight is 565 g/mol. The molecule has 0 aromatic rings. The number of barbiturate groups is 2. The number of aliphatic hydroxyl groups is 3. The second-order valence-corrected chi connectivity index (χ2v) is 8.49. The molecule has 2 aliphatic rings. The van der Waals surface area contributed by atoms with Gasteiger partial charge in [-0.3, -0.25) is 45.2 Å². The SMILES string of the molecule is CCC1(CC)C(=O)NC(=O)NC1=O.CCC1(CC)C(=O)NC(=O)NC1=O.NC(CO)(CO)CO.NCC(=O)O. The summed E-state index contributed by atoms with van der Waals surface area (Å²) in [5, 5.41) is 41.0. The van der Waals surface area contributed by atoms with E-state index < -0.39 is 77.8 Å². The van der Waals surface area contributed by atoms with Crippen molar-refractivity contribution in [3.63, 3.8) is 0 Å². The highest BCUT2D eigenvalue weighted by Gasteiger charge is 2.48. The van der Waals surface area contributed by atoms with Crippen molar-refractivity contribution in [3.05, 3.63) is 0 Å². The highest BCUT2D eigenvalue weighted by molar-refractivity contribution is 6.19. The number of rotatable bonds is 8. The van der Waals surface area contributed by atoms with Gasteiger partial charge in [-0.25, -0.2) is 9.59 Å². The van der Waals surface area contributed by atoms with E-state index in [0.29, 0.717) is 25.7 Å². The van der Waals surface area contributed by atoms with Crippen molar-refractivity contribution in [2.45, 2.75) is 58.9 Å². The van der Waals surface area contributed by atoms with Crippen molar-refractivity contribution >= 4 is 41.7 Å². The summed E-state index contributed by atoms with van der Waals surface area (Å²) in [6, 6.07) is -1.46. The fourth-order valence-corrected chi connectivity index (χ4v) is 3.09. The maximum absolute atomic E-state index is 11.4. The summed E-state index contributed by atoms with van der Waals surface area (Å²) in [5.74, 6) is -2.94. The molecule has 224 valence electrons. The van der Waals surface area contributed by atoms with Crippen LogP contribution in [0.5, 0.6) is 0 Å². The molecular weight excluding hydrogens is 524 g/mol. The van der Waals surface area contributed by atoms with E-state index in [0.717, 1.165) is 0 Å². The van der Waals surface area contributed by atoms with Crippen LogP contribution in [0.25, 0.3) is 0 Å². The quantitative estimate of drug-likeness (QED) is 0.132. The van der Waals surface area contributed by atoms with Gasteiger partial charge in [0.2, 0.25) is 23.6 Å². The second-order valence-electron chi connectivity index (χ2n) is 8.49. The largest absolute Gasteiger partial charge is 0.480 e. The molecule has 17 nitrogen and oxygen atoms in total. The molecule has 0 aromatic carbocycles. The van der Waals surface area contributed by atoms with E-state index in [-0.39, 0.29) is 6.54 Å². The van der Waals surface area contributed by atoms with E-state index in [1.165, 1.54) is 0 Å². The lowest BCUT2D eigenvalue weighted by atomic mass is 9.79. The Bertz CT molecular complexity index is 789. The van der Waals surface area contributed by atoms with Crippen molar-refractivity contribution in [2.24, 2.45) is 22.3 Å². The van der Waals surface area contributed by atoms with E-state index in [2.05, 4.69) is 27.0 Å². The van der Waals surface area contributed by atoms with Gasteiger partial charge in [-0.2, -0.15) is 0 Å². The first-order valence-corrected chi connectivity index (χ1v) is 12.0. The first kappa shape index (κ1) is 37.6. The minimum absolute atomic E-state index is 0.278. The number of hydrogen-bond donors (Lipinski definition) is 10. The molecule has 0 unspecified atom stereocenters. The molecule has 0 atom stereocenters. The third-order valence-corrected chi connectivity index (χ3v) is 6.18. The number of aliphatic carboxylic acids is 1. The fourth-order valence-electron chi connectivity index (χ4n) is 3.09. The molecular formula is C22H40N6O11. The van der Waals surface area contributed by atoms with Crippen molar-refractivity contribution in [1.29, 1.82) is 0 Å². The maximum Gasteiger partial charge on any atom is 0.328 e. The molecule has 39 heavy (non-hydrogen) atoms. The number of nitrogens with one attached hydrogen (secondary N) is 4. The Morgan fingerprint density at radius 1 is 0.667 bits per heavy atom. The predicted octanol–water partition coefficient (Wildman–Crippen LogP) is -2.99. The molecule has 0 aliphatic carbocycles. The molecule has 2 heterocycles. The van der Waals surface area contributed by atoms with Crippen LogP contribution in [0.15, 0.2) is 0 Å². The highest BCUT2D eigenvalue weighted by Crippen LogP contribution is 2.29. The number of carbonyl (C=O) groups is 7. The van der Waals surface area contributed by atoms with Crippen LogP contribution in [0.2, 0.25) is 0 Å². The fraction of sp³-hybridized carbons (Fsp3) is 0.682. The smallest absolute Gasteiger partial charge is 0.328 e. The Morgan fingerprint density at radius 3 is 0.974 bits per heavy atom. The molecule has 12 N–H and O–H groups in total.